The van der Waals surface area contributed by atoms with Crippen molar-refractivity contribution in [2.75, 3.05) is 13.2 Å². The zero-order valence-corrected chi connectivity index (χ0v) is 16.3. The van der Waals surface area contributed by atoms with E-state index in [4.69, 9.17) is 14.2 Å². The number of rotatable bonds is 4. The third-order valence-corrected chi connectivity index (χ3v) is 5.57. The zero-order valence-electron chi connectivity index (χ0n) is 16.3. The Morgan fingerprint density at radius 1 is 1.07 bits per heavy atom. The van der Waals surface area contributed by atoms with Crippen LogP contribution in [0.5, 0.6) is 11.5 Å². The van der Waals surface area contributed by atoms with E-state index in [0.29, 0.717) is 13.2 Å². The third kappa shape index (κ3) is 3.97. The van der Waals surface area contributed by atoms with Gasteiger partial charge in [-0.3, -0.25) is 0 Å². The maximum atomic E-state index is 10.8. The van der Waals surface area contributed by atoms with Gasteiger partial charge >= 0.3 is 0 Å². The molecular weight excluding hydrogens is 340 g/mol. The molecule has 1 fully saturated rings. The zero-order chi connectivity index (χ0) is 19.0. The molecule has 2 aromatic rings. The largest absolute Gasteiger partial charge is 0.486 e. The van der Waals surface area contributed by atoms with Crippen molar-refractivity contribution in [3.05, 3.63) is 58.7 Å². The van der Waals surface area contributed by atoms with Gasteiger partial charge in [0.2, 0.25) is 0 Å². The Balaban J connectivity index is 1.54. The second-order valence-corrected chi connectivity index (χ2v) is 8.24. The van der Waals surface area contributed by atoms with Crippen LogP contribution in [0.15, 0.2) is 36.4 Å². The van der Waals surface area contributed by atoms with Crippen molar-refractivity contribution >= 4 is 0 Å². The van der Waals surface area contributed by atoms with Crippen molar-refractivity contribution in [3.8, 4) is 11.5 Å². The monoisotopic (exact) mass is 368 g/mol. The van der Waals surface area contributed by atoms with Crippen molar-refractivity contribution in [1.29, 1.82) is 0 Å². The molecule has 4 nitrogen and oxygen atoms in total. The van der Waals surface area contributed by atoms with E-state index in [9.17, 15) is 5.11 Å². The molecule has 0 saturated carbocycles. The van der Waals surface area contributed by atoms with Gasteiger partial charge in [0, 0.05) is 0 Å². The fraction of sp³-hybridized carbons (Fsp3) is 0.478. The highest BCUT2D eigenvalue weighted by Crippen LogP contribution is 2.37. The summed E-state index contributed by atoms with van der Waals surface area (Å²) in [6, 6.07) is 12.3. The van der Waals surface area contributed by atoms with Gasteiger partial charge in [-0.1, -0.05) is 24.3 Å². The number of hydrogen-bond acceptors (Lipinski definition) is 4. The predicted molar refractivity (Wildman–Crippen MR) is 105 cm³/mol. The van der Waals surface area contributed by atoms with Gasteiger partial charge in [0.05, 0.1) is 11.7 Å². The first kappa shape index (κ1) is 18.3. The van der Waals surface area contributed by atoms with Crippen LogP contribution in [0.3, 0.4) is 0 Å². The molecule has 1 unspecified atom stereocenters. The molecule has 1 N–H and O–H groups in total. The summed E-state index contributed by atoms with van der Waals surface area (Å²) in [5, 5.41) is 10.8. The lowest BCUT2D eigenvalue weighted by Crippen LogP contribution is -2.24. The van der Waals surface area contributed by atoms with E-state index in [0.717, 1.165) is 36.3 Å². The first-order valence-corrected chi connectivity index (χ1v) is 9.75. The number of ether oxygens (including phenoxy) is 3. The van der Waals surface area contributed by atoms with Gasteiger partial charge in [0.1, 0.15) is 19.3 Å². The minimum absolute atomic E-state index is 0.134. The maximum absolute atomic E-state index is 10.8. The molecule has 4 rings (SSSR count). The summed E-state index contributed by atoms with van der Waals surface area (Å²) in [6.07, 6.45) is 1.93. The first-order valence-electron chi connectivity index (χ1n) is 9.75. The minimum Gasteiger partial charge on any atom is -0.486 e. The summed E-state index contributed by atoms with van der Waals surface area (Å²) < 4.78 is 17.3. The van der Waals surface area contributed by atoms with E-state index in [-0.39, 0.29) is 11.7 Å². The average Bonchev–Trinajstić information content (AvgIpc) is 3.02. The lowest BCUT2D eigenvalue weighted by atomic mass is 9.94. The summed E-state index contributed by atoms with van der Waals surface area (Å²) in [7, 11) is 0. The van der Waals surface area contributed by atoms with Gasteiger partial charge in [-0.05, 0) is 74.4 Å². The van der Waals surface area contributed by atoms with Crippen molar-refractivity contribution < 1.29 is 19.3 Å². The van der Waals surface area contributed by atoms with Crippen LogP contribution in [-0.4, -0.2) is 30.0 Å². The van der Waals surface area contributed by atoms with E-state index in [2.05, 4.69) is 45.0 Å². The van der Waals surface area contributed by atoms with Crippen LogP contribution in [0.4, 0.5) is 0 Å². The van der Waals surface area contributed by atoms with Gasteiger partial charge in [0.15, 0.2) is 11.5 Å². The molecule has 144 valence electrons. The van der Waals surface area contributed by atoms with E-state index < -0.39 is 6.10 Å². The fourth-order valence-electron chi connectivity index (χ4n) is 3.94. The number of aryl methyl sites for hydroxylation is 1. The van der Waals surface area contributed by atoms with Crippen molar-refractivity contribution in [1.82, 2.24) is 0 Å². The van der Waals surface area contributed by atoms with Gasteiger partial charge in [-0.25, -0.2) is 0 Å². The van der Waals surface area contributed by atoms with Crippen LogP contribution >= 0.6 is 0 Å². The van der Waals surface area contributed by atoms with Crippen LogP contribution in [0.25, 0.3) is 0 Å². The number of fused-ring (bicyclic) bond motifs is 1. The SMILES string of the molecule is Cc1ccc(C(O)[C@H]2CCC(C)(C)O2)cc1Cc1ccc2c(c1)OCCO2. The molecule has 0 bridgehead atoms. The highest BCUT2D eigenvalue weighted by molar-refractivity contribution is 5.46. The Morgan fingerprint density at radius 3 is 2.59 bits per heavy atom. The summed E-state index contributed by atoms with van der Waals surface area (Å²) in [5.41, 5.74) is 4.38. The van der Waals surface area contributed by atoms with Gasteiger partial charge in [-0.15, -0.1) is 0 Å². The lowest BCUT2D eigenvalue weighted by Gasteiger charge is -2.24. The molecule has 2 aromatic carbocycles. The van der Waals surface area contributed by atoms with E-state index in [1.54, 1.807) is 0 Å². The van der Waals surface area contributed by atoms with Crippen LogP contribution in [-0.2, 0) is 11.2 Å². The highest BCUT2D eigenvalue weighted by Gasteiger charge is 2.36. The summed E-state index contributed by atoms with van der Waals surface area (Å²) in [6.45, 7) is 7.48. The molecule has 2 atom stereocenters. The van der Waals surface area contributed by atoms with Gasteiger partial charge in [0.25, 0.3) is 0 Å². The van der Waals surface area contributed by atoms with Gasteiger partial charge in [-0.2, -0.15) is 0 Å². The lowest BCUT2D eigenvalue weighted by molar-refractivity contribution is -0.0720. The summed E-state index contributed by atoms with van der Waals surface area (Å²) in [4.78, 5) is 0. The molecule has 2 aliphatic rings. The molecule has 4 heteroatoms. The van der Waals surface area contributed by atoms with Gasteiger partial charge < -0.3 is 19.3 Å². The molecule has 27 heavy (non-hydrogen) atoms. The molecule has 1 saturated heterocycles. The predicted octanol–water partition coefficient (Wildman–Crippen LogP) is 4.35. The Morgan fingerprint density at radius 2 is 1.85 bits per heavy atom. The Labute approximate surface area is 161 Å². The number of aliphatic hydroxyl groups excluding tert-OH is 1. The quantitative estimate of drug-likeness (QED) is 0.872. The summed E-state index contributed by atoms with van der Waals surface area (Å²) >= 11 is 0. The molecule has 0 aromatic heterocycles. The molecule has 2 aliphatic heterocycles. The van der Waals surface area contributed by atoms with Crippen LogP contribution in [0.2, 0.25) is 0 Å². The van der Waals surface area contributed by atoms with Crippen molar-refractivity contribution in [2.45, 2.75) is 57.8 Å². The smallest absolute Gasteiger partial charge is 0.161 e. The topological polar surface area (TPSA) is 47.9 Å². The minimum atomic E-state index is -0.591. The van der Waals surface area contributed by atoms with E-state index in [1.807, 2.05) is 12.1 Å². The number of aliphatic hydroxyl groups is 1. The third-order valence-electron chi connectivity index (χ3n) is 5.57. The maximum Gasteiger partial charge on any atom is 0.161 e. The second kappa shape index (κ2) is 7.17. The Bertz CT molecular complexity index is 827. The second-order valence-electron chi connectivity index (χ2n) is 8.24. The van der Waals surface area contributed by atoms with Crippen LogP contribution in [0, 0.1) is 6.92 Å². The van der Waals surface area contributed by atoms with E-state index >= 15 is 0 Å². The van der Waals surface area contributed by atoms with Crippen LogP contribution < -0.4 is 9.47 Å². The normalized spacial score (nSPS) is 21.9. The standard InChI is InChI=1S/C23H28O4/c1-15-4-6-17(22(24)20-8-9-23(2,3)27-20)14-18(15)12-16-5-7-19-21(13-16)26-11-10-25-19/h4-7,13-14,20,22,24H,8-12H2,1-3H3/t20-,22?/m1/s1. The molecule has 2 heterocycles. The fourth-order valence-corrected chi connectivity index (χ4v) is 3.94. The molecule has 0 amide bonds. The van der Waals surface area contributed by atoms with Crippen molar-refractivity contribution in [2.24, 2.45) is 0 Å². The van der Waals surface area contributed by atoms with Crippen molar-refractivity contribution in [3.63, 3.8) is 0 Å². The Kier molecular flexibility index (Phi) is 4.87. The van der Waals surface area contributed by atoms with Crippen LogP contribution in [0.1, 0.15) is 55.0 Å². The molecule has 0 aliphatic carbocycles. The van der Waals surface area contributed by atoms with E-state index in [1.165, 1.54) is 16.7 Å². The molecule has 0 spiro atoms. The molecule has 0 radical (unpaired) electrons. The Hall–Kier alpha value is -2.04. The first-order chi connectivity index (χ1) is 12.9. The number of benzene rings is 2. The average molecular weight is 368 g/mol. The molecular formula is C23H28O4. The number of hydrogen-bond donors (Lipinski definition) is 1. The highest BCUT2D eigenvalue weighted by atomic mass is 16.6. The summed E-state index contributed by atoms with van der Waals surface area (Å²) in [5.74, 6) is 1.63.